The number of hydrogen-bond acceptors (Lipinski definition) is 4. The standard InChI is InChI=1S/C12H16ClN5O2/c1-9-11(13)6-15-18(9)4-3-12(19)16-10-5-14-17(7-10)8-20-2/h5-7H,3-4,8H2,1-2H3,(H,16,19). The largest absolute Gasteiger partial charge is 0.362 e. The molecule has 0 spiro atoms. The molecule has 0 bridgehead atoms. The molecule has 0 saturated heterocycles. The zero-order chi connectivity index (χ0) is 14.5. The molecule has 0 unspecified atom stereocenters. The van der Waals surface area contributed by atoms with E-state index in [2.05, 4.69) is 15.5 Å². The Morgan fingerprint density at radius 2 is 2.25 bits per heavy atom. The van der Waals surface area contributed by atoms with Crippen molar-refractivity contribution in [2.45, 2.75) is 26.6 Å². The summed E-state index contributed by atoms with van der Waals surface area (Å²) in [5.74, 6) is -0.104. The number of ether oxygens (including phenoxy) is 1. The molecule has 0 saturated carbocycles. The number of amides is 1. The number of carbonyl (C=O) groups excluding carboxylic acids is 1. The minimum atomic E-state index is -0.104. The highest BCUT2D eigenvalue weighted by molar-refractivity contribution is 6.31. The van der Waals surface area contributed by atoms with Crippen LogP contribution in [-0.4, -0.2) is 32.6 Å². The first-order valence-corrected chi connectivity index (χ1v) is 6.47. The van der Waals surface area contributed by atoms with E-state index >= 15 is 0 Å². The molecule has 0 fully saturated rings. The van der Waals surface area contributed by atoms with E-state index in [-0.39, 0.29) is 5.91 Å². The molecule has 2 rings (SSSR count). The number of halogens is 1. The Balaban J connectivity index is 1.84. The number of aromatic nitrogens is 4. The van der Waals surface area contributed by atoms with Gasteiger partial charge in [0, 0.05) is 13.5 Å². The fourth-order valence-electron chi connectivity index (χ4n) is 1.71. The zero-order valence-electron chi connectivity index (χ0n) is 11.3. The van der Waals surface area contributed by atoms with E-state index in [1.54, 1.807) is 35.1 Å². The minimum absolute atomic E-state index is 0.104. The third-order valence-electron chi connectivity index (χ3n) is 2.77. The number of nitrogens with one attached hydrogen (secondary N) is 1. The summed E-state index contributed by atoms with van der Waals surface area (Å²) < 4.78 is 8.23. The van der Waals surface area contributed by atoms with Crippen molar-refractivity contribution in [2.75, 3.05) is 12.4 Å². The summed E-state index contributed by atoms with van der Waals surface area (Å²) in [5.41, 5.74) is 1.50. The van der Waals surface area contributed by atoms with Gasteiger partial charge in [0.05, 0.1) is 41.5 Å². The number of anilines is 1. The van der Waals surface area contributed by atoms with Gasteiger partial charge in [-0.3, -0.25) is 9.48 Å². The van der Waals surface area contributed by atoms with Gasteiger partial charge in [-0.05, 0) is 6.92 Å². The molecular formula is C12H16ClN5O2. The average Bonchev–Trinajstić information content (AvgIpc) is 2.97. The molecule has 0 aliphatic rings. The molecule has 1 amide bonds. The van der Waals surface area contributed by atoms with Crippen LogP contribution < -0.4 is 5.32 Å². The zero-order valence-corrected chi connectivity index (χ0v) is 12.1. The molecule has 2 heterocycles. The number of hydrogen-bond donors (Lipinski definition) is 1. The normalized spacial score (nSPS) is 10.8. The quantitative estimate of drug-likeness (QED) is 0.880. The van der Waals surface area contributed by atoms with Crippen molar-refractivity contribution in [1.29, 1.82) is 0 Å². The third kappa shape index (κ3) is 3.58. The summed E-state index contributed by atoms with van der Waals surface area (Å²) in [6.45, 7) is 2.69. The van der Waals surface area contributed by atoms with Crippen LogP contribution in [0.15, 0.2) is 18.6 Å². The lowest BCUT2D eigenvalue weighted by Gasteiger charge is -2.05. The molecule has 2 aromatic heterocycles. The fourth-order valence-corrected chi connectivity index (χ4v) is 1.85. The van der Waals surface area contributed by atoms with Crippen LogP contribution in [0.1, 0.15) is 12.1 Å². The van der Waals surface area contributed by atoms with E-state index < -0.39 is 0 Å². The van der Waals surface area contributed by atoms with Gasteiger partial charge < -0.3 is 10.1 Å². The molecule has 0 aromatic carbocycles. The Morgan fingerprint density at radius 1 is 1.45 bits per heavy atom. The molecule has 108 valence electrons. The first-order valence-electron chi connectivity index (χ1n) is 6.09. The van der Waals surface area contributed by atoms with Crippen LogP contribution in [0, 0.1) is 6.92 Å². The predicted octanol–water partition coefficient (Wildman–Crippen LogP) is 1.67. The Kier molecular flexibility index (Phi) is 4.75. The van der Waals surface area contributed by atoms with Crippen LogP contribution in [-0.2, 0) is 22.8 Å². The van der Waals surface area contributed by atoms with Crippen molar-refractivity contribution < 1.29 is 9.53 Å². The lowest BCUT2D eigenvalue weighted by Crippen LogP contribution is -2.15. The van der Waals surface area contributed by atoms with Gasteiger partial charge in [0.25, 0.3) is 0 Å². The SMILES string of the molecule is COCn1cc(NC(=O)CCn2ncc(Cl)c2C)cn1. The number of nitrogens with zero attached hydrogens (tertiary/aromatic N) is 4. The van der Waals surface area contributed by atoms with Crippen LogP contribution in [0.5, 0.6) is 0 Å². The van der Waals surface area contributed by atoms with Crippen molar-refractivity contribution >= 4 is 23.2 Å². The lowest BCUT2D eigenvalue weighted by atomic mass is 10.3. The number of methoxy groups -OCH3 is 1. The number of aryl methyl sites for hydroxylation is 1. The van der Waals surface area contributed by atoms with Gasteiger partial charge in [-0.1, -0.05) is 11.6 Å². The Bertz CT molecular complexity index is 592. The first kappa shape index (κ1) is 14.5. The van der Waals surface area contributed by atoms with Crippen LogP contribution in [0.25, 0.3) is 0 Å². The van der Waals surface area contributed by atoms with Gasteiger partial charge in [-0.15, -0.1) is 0 Å². The van der Waals surface area contributed by atoms with E-state index in [0.29, 0.717) is 30.4 Å². The van der Waals surface area contributed by atoms with Crippen molar-refractivity contribution in [3.63, 3.8) is 0 Å². The highest BCUT2D eigenvalue weighted by Crippen LogP contribution is 2.13. The van der Waals surface area contributed by atoms with Gasteiger partial charge in [-0.25, -0.2) is 4.68 Å². The van der Waals surface area contributed by atoms with Crippen molar-refractivity contribution in [3.05, 3.63) is 29.3 Å². The van der Waals surface area contributed by atoms with Gasteiger partial charge in [0.2, 0.25) is 5.91 Å². The Hall–Kier alpha value is -1.86. The maximum atomic E-state index is 11.8. The van der Waals surface area contributed by atoms with Crippen LogP contribution in [0.4, 0.5) is 5.69 Å². The second-order valence-electron chi connectivity index (χ2n) is 4.29. The molecule has 7 nitrogen and oxygen atoms in total. The topological polar surface area (TPSA) is 74.0 Å². The molecular weight excluding hydrogens is 282 g/mol. The first-order chi connectivity index (χ1) is 9.60. The summed E-state index contributed by atoms with van der Waals surface area (Å²) in [6, 6.07) is 0. The summed E-state index contributed by atoms with van der Waals surface area (Å²) in [7, 11) is 1.58. The maximum Gasteiger partial charge on any atom is 0.226 e. The second kappa shape index (κ2) is 6.53. The highest BCUT2D eigenvalue weighted by Gasteiger charge is 2.08. The van der Waals surface area contributed by atoms with Crippen molar-refractivity contribution in [2.24, 2.45) is 0 Å². The van der Waals surface area contributed by atoms with Gasteiger partial charge in [0.15, 0.2) is 0 Å². The third-order valence-corrected chi connectivity index (χ3v) is 3.14. The van der Waals surface area contributed by atoms with Crippen molar-refractivity contribution in [1.82, 2.24) is 19.6 Å². The Morgan fingerprint density at radius 3 is 2.90 bits per heavy atom. The monoisotopic (exact) mass is 297 g/mol. The molecule has 2 aromatic rings. The van der Waals surface area contributed by atoms with E-state index in [1.807, 2.05) is 6.92 Å². The van der Waals surface area contributed by atoms with Gasteiger partial charge in [-0.2, -0.15) is 10.2 Å². The van der Waals surface area contributed by atoms with Crippen LogP contribution >= 0.6 is 11.6 Å². The number of rotatable bonds is 6. The molecule has 0 atom stereocenters. The molecule has 0 aliphatic carbocycles. The number of carbonyl (C=O) groups is 1. The average molecular weight is 298 g/mol. The van der Waals surface area contributed by atoms with Gasteiger partial charge in [0.1, 0.15) is 6.73 Å². The van der Waals surface area contributed by atoms with Gasteiger partial charge >= 0.3 is 0 Å². The highest BCUT2D eigenvalue weighted by atomic mass is 35.5. The van der Waals surface area contributed by atoms with Crippen molar-refractivity contribution in [3.8, 4) is 0 Å². The summed E-state index contributed by atoms with van der Waals surface area (Å²) >= 11 is 5.90. The summed E-state index contributed by atoms with van der Waals surface area (Å²) in [4.78, 5) is 11.8. The maximum absolute atomic E-state index is 11.8. The molecule has 8 heteroatoms. The van der Waals surface area contributed by atoms with E-state index in [4.69, 9.17) is 16.3 Å². The lowest BCUT2D eigenvalue weighted by molar-refractivity contribution is -0.116. The minimum Gasteiger partial charge on any atom is -0.362 e. The summed E-state index contributed by atoms with van der Waals surface area (Å²) in [5, 5.41) is 11.5. The second-order valence-corrected chi connectivity index (χ2v) is 4.69. The summed E-state index contributed by atoms with van der Waals surface area (Å²) in [6.07, 6.45) is 5.17. The molecule has 1 N–H and O–H groups in total. The van der Waals surface area contributed by atoms with E-state index in [1.165, 1.54) is 0 Å². The predicted molar refractivity (Wildman–Crippen MR) is 74.5 cm³/mol. The fraction of sp³-hybridized carbons (Fsp3) is 0.417. The van der Waals surface area contributed by atoms with Crippen LogP contribution in [0.2, 0.25) is 5.02 Å². The van der Waals surface area contributed by atoms with E-state index in [0.717, 1.165) is 5.69 Å². The molecule has 0 aliphatic heterocycles. The Labute approximate surface area is 121 Å². The van der Waals surface area contributed by atoms with E-state index in [9.17, 15) is 4.79 Å². The smallest absolute Gasteiger partial charge is 0.226 e. The molecule has 20 heavy (non-hydrogen) atoms. The molecule has 0 radical (unpaired) electrons. The van der Waals surface area contributed by atoms with Crippen LogP contribution in [0.3, 0.4) is 0 Å².